The Morgan fingerprint density at radius 3 is 2.54 bits per heavy atom. The summed E-state index contributed by atoms with van der Waals surface area (Å²) in [6, 6.07) is 16.7. The number of aromatic hydroxyl groups is 1. The molecule has 0 radical (unpaired) electrons. The Morgan fingerprint density at radius 1 is 1.15 bits per heavy atom. The van der Waals surface area contributed by atoms with Crippen LogP contribution in [0.3, 0.4) is 0 Å². The number of amides is 1. The van der Waals surface area contributed by atoms with Gasteiger partial charge in [-0.3, -0.25) is 9.48 Å². The fourth-order valence-electron chi connectivity index (χ4n) is 2.72. The van der Waals surface area contributed by atoms with Crippen molar-refractivity contribution >= 4 is 21.8 Å². The zero-order valence-electron chi connectivity index (χ0n) is 14.5. The topological polar surface area (TPSA) is 58.4 Å². The molecule has 0 unspecified atom stereocenters. The third-order valence-corrected chi connectivity index (χ3v) is 4.91. The minimum Gasteiger partial charge on any atom is -0.508 e. The second kappa shape index (κ2) is 8.19. The second-order valence-electron chi connectivity index (χ2n) is 6.11. The number of halogens is 1. The average Bonchev–Trinajstić information content (AvgIpc) is 3.07. The van der Waals surface area contributed by atoms with Gasteiger partial charge >= 0.3 is 0 Å². The third-order valence-electron chi connectivity index (χ3n) is 4.14. The van der Waals surface area contributed by atoms with Crippen molar-refractivity contribution in [2.75, 3.05) is 6.54 Å². The van der Waals surface area contributed by atoms with Crippen molar-refractivity contribution in [1.82, 2.24) is 14.7 Å². The van der Waals surface area contributed by atoms with E-state index in [9.17, 15) is 9.90 Å². The van der Waals surface area contributed by atoms with E-state index in [0.29, 0.717) is 18.8 Å². The second-order valence-corrected chi connectivity index (χ2v) is 6.96. The number of carbonyl (C=O) groups excluding carboxylic acids is 1. The Balaban J connectivity index is 1.79. The lowest BCUT2D eigenvalue weighted by Crippen LogP contribution is -2.33. The Bertz CT molecular complexity index is 890. The molecule has 0 atom stereocenters. The maximum absolute atomic E-state index is 12.9. The van der Waals surface area contributed by atoms with E-state index in [1.165, 1.54) is 0 Å². The first kappa shape index (κ1) is 18.2. The van der Waals surface area contributed by atoms with Crippen LogP contribution in [0.4, 0.5) is 0 Å². The first-order chi connectivity index (χ1) is 12.5. The number of phenolic OH excluding ortho intramolecular Hbond substituents is 1. The summed E-state index contributed by atoms with van der Waals surface area (Å²) in [6.45, 7) is 1.03. The number of nitrogens with zero attached hydrogens (tertiary/aromatic N) is 3. The molecule has 0 saturated heterocycles. The molecule has 26 heavy (non-hydrogen) atoms. The summed E-state index contributed by atoms with van der Waals surface area (Å²) in [4.78, 5) is 14.7. The van der Waals surface area contributed by atoms with Gasteiger partial charge in [0.25, 0.3) is 5.91 Å². The smallest absolute Gasteiger partial charge is 0.274 e. The highest BCUT2D eigenvalue weighted by Crippen LogP contribution is 2.18. The molecule has 0 aliphatic carbocycles. The fourth-order valence-corrected chi connectivity index (χ4v) is 3.20. The SMILES string of the molecule is Cn1ccc(C(=O)N(CCc2ccccc2Br)Cc2ccc(O)cc2)n1. The molecule has 3 aromatic rings. The zero-order chi connectivity index (χ0) is 18.5. The van der Waals surface area contributed by atoms with Crippen LogP contribution >= 0.6 is 15.9 Å². The molecule has 134 valence electrons. The van der Waals surface area contributed by atoms with Crippen molar-refractivity contribution in [3.05, 3.63) is 82.1 Å². The molecule has 0 spiro atoms. The largest absolute Gasteiger partial charge is 0.508 e. The molecule has 1 N–H and O–H groups in total. The molecule has 2 aromatic carbocycles. The molecule has 0 aliphatic rings. The van der Waals surface area contributed by atoms with Gasteiger partial charge in [0.2, 0.25) is 0 Å². The summed E-state index contributed by atoms with van der Waals surface area (Å²) in [7, 11) is 1.79. The number of phenols is 1. The van der Waals surface area contributed by atoms with Gasteiger partial charge in [0.05, 0.1) is 0 Å². The number of carbonyl (C=O) groups is 1. The van der Waals surface area contributed by atoms with Crippen LogP contribution in [0, 0.1) is 0 Å². The van der Waals surface area contributed by atoms with Crippen molar-refractivity contribution in [3.63, 3.8) is 0 Å². The summed E-state index contributed by atoms with van der Waals surface area (Å²) >= 11 is 3.56. The number of benzene rings is 2. The predicted octanol–water partition coefficient (Wildman–Crippen LogP) is 3.77. The van der Waals surface area contributed by atoms with Gasteiger partial charge in [0.1, 0.15) is 11.4 Å². The molecule has 3 rings (SSSR count). The molecule has 6 heteroatoms. The van der Waals surface area contributed by atoms with Crippen LogP contribution < -0.4 is 0 Å². The molecule has 0 aliphatic heterocycles. The minimum absolute atomic E-state index is 0.106. The number of hydrogen-bond donors (Lipinski definition) is 1. The van der Waals surface area contributed by atoms with E-state index < -0.39 is 0 Å². The number of aryl methyl sites for hydroxylation is 1. The maximum Gasteiger partial charge on any atom is 0.274 e. The maximum atomic E-state index is 12.9. The lowest BCUT2D eigenvalue weighted by Gasteiger charge is -2.22. The van der Waals surface area contributed by atoms with Gasteiger partial charge in [0, 0.05) is 30.8 Å². The Labute approximate surface area is 161 Å². The first-order valence-corrected chi connectivity index (χ1v) is 9.12. The number of aromatic nitrogens is 2. The Morgan fingerprint density at radius 2 is 1.88 bits per heavy atom. The van der Waals surface area contributed by atoms with Crippen LogP contribution in [-0.4, -0.2) is 32.2 Å². The highest BCUT2D eigenvalue weighted by molar-refractivity contribution is 9.10. The number of hydrogen-bond acceptors (Lipinski definition) is 3. The Hall–Kier alpha value is -2.60. The standard InChI is InChI=1S/C20H20BrN3O2/c1-23-12-11-19(22-23)20(26)24(14-15-6-8-17(25)9-7-15)13-10-16-4-2-3-5-18(16)21/h2-9,11-12,25H,10,13-14H2,1H3. The van der Waals surface area contributed by atoms with Crippen molar-refractivity contribution in [1.29, 1.82) is 0 Å². The van der Waals surface area contributed by atoms with Crippen molar-refractivity contribution in [2.24, 2.45) is 7.05 Å². The molecule has 1 amide bonds. The van der Waals surface area contributed by atoms with Crippen molar-refractivity contribution in [3.8, 4) is 5.75 Å². The normalized spacial score (nSPS) is 10.7. The monoisotopic (exact) mass is 413 g/mol. The summed E-state index contributed by atoms with van der Waals surface area (Å²) in [5.41, 5.74) is 2.54. The highest BCUT2D eigenvalue weighted by Gasteiger charge is 2.19. The van der Waals surface area contributed by atoms with Gasteiger partial charge in [-0.05, 0) is 41.8 Å². The Kier molecular flexibility index (Phi) is 5.73. The van der Waals surface area contributed by atoms with Gasteiger partial charge in [-0.25, -0.2) is 0 Å². The van der Waals surface area contributed by atoms with Crippen molar-refractivity contribution < 1.29 is 9.90 Å². The predicted molar refractivity (Wildman–Crippen MR) is 104 cm³/mol. The van der Waals surface area contributed by atoms with E-state index in [2.05, 4.69) is 21.0 Å². The van der Waals surface area contributed by atoms with E-state index >= 15 is 0 Å². The van der Waals surface area contributed by atoms with E-state index in [4.69, 9.17) is 0 Å². The van der Waals surface area contributed by atoms with Gasteiger partial charge in [-0.15, -0.1) is 0 Å². The molecule has 0 saturated carbocycles. The van der Waals surface area contributed by atoms with E-state index in [1.54, 1.807) is 41.0 Å². The molecule has 0 fully saturated rings. The van der Waals surface area contributed by atoms with E-state index in [1.807, 2.05) is 36.4 Å². The van der Waals surface area contributed by atoms with Crippen LogP contribution in [-0.2, 0) is 20.0 Å². The quantitative estimate of drug-likeness (QED) is 0.668. The van der Waals surface area contributed by atoms with Crippen LogP contribution in [0.15, 0.2) is 65.3 Å². The molecular weight excluding hydrogens is 394 g/mol. The van der Waals surface area contributed by atoms with E-state index in [0.717, 1.165) is 22.0 Å². The van der Waals surface area contributed by atoms with Gasteiger partial charge < -0.3 is 10.0 Å². The summed E-state index contributed by atoms with van der Waals surface area (Å²) in [5.74, 6) is 0.107. The minimum atomic E-state index is -0.106. The average molecular weight is 414 g/mol. The van der Waals surface area contributed by atoms with Gasteiger partial charge in [-0.1, -0.05) is 46.3 Å². The molecule has 5 nitrogen and oxygen atoms in total. The van der Waals surface area contributed by atoms with E-state index in [-0.39, 0.29) is 11.7 Å². The fraction of sp³-hybridized carbons (Fsp3) is 0.200. The molecule has 0 bridgehead atoms. The van der Waals surface area contributed by atoms with Crippen LogP contribution in [0.5, 0.6) is 5.75 Å². The lowest BCUT2D eigenvalue weighted by molar-refractivity contribution is 0.0738. The molecule has 1 aromatic heterocycles. The van der Waals surface area contributed by atoms with Crippen LogP contribution in [0.25, 0.3) is 0 Å². The van der Waals surface area contributed by atoms with Crippen LogP contribution in [0.2, 0.25) is 0 Å². The molecular formula is C20H20BrN3O2. The lowest BCUT2D eigenvalue weighted by atomic mass is 10.1. The summed E-state index contributed by atoms with van der Waals surface area (Å²) < 4.78 is 2.66. The van der Waals surface area contributed by atoms with Crippen LogP contribution in [0.1, 0.15) is 21.6 Å². The summed E-state index contributed by atoms with van der Waals surface area (Å²) in [5, 5.41) is 13.7. The summed E-state index contributed by atoms with van der Waals surface area (Å²) in [6.07, 6.45) is 2.50. The van der Waals surface area contributed by atoms with Gasteiger partial charge in [-0.2, -0.15) is 5.10 Å². The third kappa shape index (κ3) is 4.52. The van der Waals surface area contributed by atoms with Crippen molar-refractivity contribution in [2.45, 2.75) is 13.0 Å². The first-order valence-electron chi connectivity index (χ1n) is 8.33. The highest BCUT2D eigenvalue weighted by atomic mass is 79.9. The number of rotatable bonds is 6. The van der Waals surface area contributed by atoms with Gasteiger partial charge in [0.15, 0.2) is 0 Å². The molecule has 1 heterocycles. The zero-order valence-corrected chi connectivity index (χ0v) is 16.1.